The molecule has 1 heterocycles. The number of rotatable bonds is 5. The molecule has 29 heavy (non-hydrogen) atoms. The van der Waals surface area contributed by atoms with Crippen molar-refractivity contribution in [2.45, 2.75) is 39.2 Å². The zero-order chi connectivity index (χ0) is 20.8. The maximum Gasteiger partial charge on any atom is 0.319 e. The van der Waals surface area contributed by atoms with E-state index < -0.39 is 0 Å². The smallest absolute Gasteiger partial charge is 0.319 e. The van der Waals surface area contributed by atoms with E-state index in [0.29, 0.717) is 22.0 Å². The lowest BCUT2D eigenvalue weighted by molar-refractivity contribution is 0.102. The molecule has 3 rings (SSSR count). The van der Waals surface area contributed by atoms with E-state index in [2.05, 4.69) is 20.9 Å². The normalized spacial score (nSPS) is 13.9. The highest BCUT2D eigenvalue weighted by Crippen LogP contribution is 2.31. The van der Waals surface area contributed by atoms with Crippen molar-refractivity contribution < 1.29 is 9.59 Å². The van der Waals surface area contributed by atoms with E-state index in [1.807, 2.05) is 26.0 Å². The maximum atomic E-state index is 12.5. The van der Waals surface area contributed by atoms with Gasteiger partial charge in [0.25, 0.3) is 5.91 Å². The van der Waals surface area contributed by atoms with Gasteiger partial charge in [-0.2, -0.15) is 0 Å². The second kappa shape index (κ2) is 9.65. The molecule has 0 aliphatic carbocycles. The van der Waals surface area contributed by atoms with Gasteiger partial charge < -0.3 is 20.9 Å². The second-order valence-electron chi connectivity index (χ2n) is 7.50. The Labute approximate surface area is 176 Å². The number of carbonyl (C=O) groups is 2. The summed E-state index contributed by atoms with van der Waals surface area (Å²) in [6.07, 6.45) is 3.62. The van der Waals surface area contributed by atoms with Crippen LogP contribution in [0.5, 0.6) is 0 Å². The summed E-state index contributed by atoms with van der Waals surface area (Å²) in [5, 5.41) is 8.99. The zero-order valence-electron chi connectivity index (χ0n) is 16.8. The largest absolute Gasteiger partial charge is 0.370 e. The molecule has 1 fully saturated rings. The van der Waals surface area contributed by atoms with Crippen LogP contribution in [0.3, 0.4) is 0 Å². The highest BCUT2D eigenvalue weighted by molar-refractivity contribution is 6.33. The van der Waals surface area contributed by atoms with Crippen molar-refractivity contribution in [3.8, 4) is 0 Å². The molecule has 2 aromatic carbocycles. The van der Waals surface area contributed by atoms with Crippen LogP contribution in [0.25, 0.3) is 0 Å². The van der Waals surface area contributed by atoms with Crippen LogP contribution in [0.15, 0.2) is 42.5 Å². The number of halogens is 1. The highest BCUT2D eigenvalue weighted by Gasteiger charge is 2.15. The van der Waals surface area contributed by atoms with Gasteiger partial charge in [-0.15, -0.1) is 0 Å². The molecule has 0 radical (unpaired) electrons. The van der Waals surface area contributed by atoms with Crippen LogP contribution < -0.4 is 20.9 Å². The summed E-state index contributed by atoms with van der Waals surface area (Å²) in [4.78, 5) is 26.6. The predicted octanol–water partition coefficient (Wildman–Crippen LogP) is 5.11. The molecule has 1 aliphatic heterocycles. The lowest BCUT2D eigenvalue weighted by atomic mass is 10.1. The summed E-state index contributed by atoms with van der Waals surface area (Å²) >= 11 is 6.46. The lowest BCUT2D eigenvalue weighted by Crippen LogP contribution is -2.34. The molecule has 1 saturated heterocycles. The van der Waals surface area contributed by atoms with E-state index in [1.165, 1.54) is 19.3 Å². The summed E-state index contributed by atoms with van der Waals surface area (Å²) in [6.45, 7) is 5.80. The van der Waals surface area contributed by atoms with Crippen LogP contribution in [0.1, 0.15) is 43.5 Å². The molecule has 154 valence electrons. The van der Waals surface area contributed by atoms with E-state index >= 15 is 0 Å². The predicted molar refractivity (Wildman–Crippen MR) is 119 cm³/mol. The van der Waals surface area contributed by atoms with Crippen molar-refractivity contribution in [1.82, 2.24) is 5.32 Å². The SMILES string of the molecule is CC(C)NC(=O)Nc1ccc(C(=O)Nc2ccc(N3CCCCC3)c(Cl)c2)cc1. The van der Waals surface area contributed by atoms with Crippen molar-refractivity contribution in [2.75, 3.05) is 28.6 Å². The molecule has 0 bridgehead atoms. The fraction of sp³-hybridized carbons (Fsp3) is 0.364. The van der Waals surface area contributed by atoms with E-state index in [9.17, 15) is 9.59 Å². The van der Waals surface area contributed by atoms with Gasteiger partial charge in [0.15, 0.2) is 0 Å². The number of hydrogen-bond acceptors (Lipinski definition) is 3. The molecule has 0 aromatic heterocycles. The number of benzene rings is 2. The first kappa shape index (κ1) is 21.0. The molecular weight excluding hydrogens is 388 g/mol. The average Bonchev–Trinajstić information content (AvgIpc) is 2.68. The molecule has 0 spiro atoms. The number of hydrogen-bond donors (Lipinski definition) is 3. The van der Waals surface area contributed by atoms with Crippen molar-refractivity contribution >= 4 is 40.6 Å². The summed E-state index contributed by atoms with van der Waals surface area (Å²) in [5.74, 6) is -0.232. The summed E-state index contributed by atoms with van der Waals surface area (Å²) < 4.78 is 0. The Morgan fingerprint density at radius 1 is 0.931 bits per heavy atom. The van der Waals surface area contributed by atoms with E-state index in [-0.39, 0.29) is 18.0 Å². The van der Waals surface area contributed by atoms with Crippen molar-refractivity contribution in [2.24, 2.45) is 0 Å². The van der Waals surface area contributed by atoms with Crippen LogP contribution in [-0.2, 0) is 0 Å². The van der Waals surface area contributed by atoms with Gasteiger partial charge in [-0.05, 0) is 75.6 Å². The van der Waals surface area contributed by atoms with Crippen molar-refractivity contribution in [3.63, 3.8) is 0 Å². The van der Waals surface area contributed by atoms with Gasteiger partial charge in [0.05, 0.1) is 10.7 Å². The molecule has 3 amide bonds. The minimum atomic E-state index is -0.277. The van der Waals surface area contributed by atoms with Crippen LogP contribution >= 0.6 is 11.6 Å². The second-order valence-corrected chi connectivity index (χ2v) is 7.91. The van der Waals surface area contributed by atoms with E-state index in [4.69, 9.17) is 11.6 Å². The summed E-state index contributed by atoms with van der Waals surface area (Å²) in [7, 11) is 0. The topological polar surface area (TPSA) is 73.5 Å². The van der Waals surface area contributed by atoms with Gasteiger partial charge in [0.2, 0.25) is 0 Å². The number of urea groups is 1. The van der Waals surface area contributed by atoms with Crippen LogP contribution in [0, 0.1) is 0 Å². The Morgan fingerprint density at radius 2 is 1.59 bits per heavy atom. The fourth-order valence-electron chi connectivity index (χ4n) is 3.31. The maximum absolute atomic E-state index is 12.5. The van der Waals surface area contributed by atoms with Crippen LogP contribution in [0.2, 0.25) is 5.02 Å². The van der Waals surface area contributed by atoms with Crippen LogP contribution in [0.4, 0.5) is 21.9 Å². The number of amides is 3. The number of anilines is 3. The van der Waals surface area contributed by atoms with Gasteiger partial charge in [-0.25, -0.2) is 4.79 Å². The standard InChI is InChI=1S/C22H27ClN4O2/c1-15(2)24-22(29)26-17-8-6-16(7-9-17)21(28)25-18-10-11-20(19(23)14-18)27-12-4-3-5-13-27/h6-11,14-15H,3-5,12-13H2,1-2H3,(H,25,28)(H2,24,26,29). The number of carbonyl (C=O) groups excluding carboxylic acids is 2. The van der Waals surface area contributed by atoms with Crippen LogP contribution in [-0.4, -0.2) is 31.1 Å². The Bertz CT molecular complexity index is 862. The quantitative estimate of drug-likeness (QED) is 0.636. The molecular formula is C22H27ClN4O2. The molecule has 0 saturated carbocycles. The van der Waals surface area contributed by atoms with Gasteiger partial charge >= 0.3 is 6.03 Å². The molecule has 6 nitrogen and oxygen atoms in total. The molecule has 3 N–H and O–H groups in total. The average molecular weight is 415 g/mol. The van der Waals surface area contributed by atoms with Gasteiger partial charge in [0.1, 0.15) is 0 Å². The van der Waals surface area contributed by atoms with E-state index in [1.54, 1.807) is 30.3 Å². The Kier molecular flexibility index (Phi) is 6.99. The van der Waals surface area contributed by atoms with Gasteiger partial charge in [-0.1, -0.05) is 11.6 Å². The monoisotopic (exact) mass is 414 g/mol. The number of nitrogens with zero attached hydrogens (tertiary/aromatic N) is 1. The minimum Gasteiger partial charge on any atom is -0.370 e. The Morgan fingerprint density at radius 3 is 2.21 bits per heavy atom. The third kappa shape index (κ3) is 5.87. The first-order valence-electron chi connectivity index (χ1n) is 9.96. The van der Waals surface area contributed by atoms with Gasteiger partial charge in [-0.3, -0.25) is 4.79 Å². The first-order valence-corrected chi connectivity index (χ1v) is 10.3. The fourth-order valence-corrected chi connectivity index (χ4v) is 3.61. The van der Waals surface area contributed by atoms with Crippen molar-refractivity contribution in [3.05, 3.63) is 53.1 Å². The first-order chi connectivity index (χ1) is 13.9. The summed E-state index contributed by atoms with van der Waals surface area (Å²) in [5.41, 5.74) is 2.78. The minimum absolute atomic E-state index is 0.0492. The van der Waals surface area contributed by atoms with Gasteiger partial charge in [0, 0.05) is 36.1 Å². The molecule has 2 aromatic rings. The number of piperidine rings is 1. The Hall–Kier alpha value is -2.73. The van der Waals surface area contributed by atoms with Crippen molar-refractivity contribution in [1.29, 1.82) is 0 Å². The zero-order valence-corrected chi connectivity index (χ0v) is 17.6. The lowest BCUT2D eigenvalue weighted by Gasteiger charge is -2.29. The molecule has 7 heteroatoms. The molecule has 1 aliphatic rings. The molecule has 0 atom stereocenters. The third-order valence-electron chi connectivity index (χ3n) is 4.73. The summed E-state index contributed by atoms with van der Waals surface area (Å²) in [6, 6.07) is 12.1. The molecule has 0 unspecified atom stereocenters. The number of nitrogens with one attached hydrogen (secondary N) is 3. The third-order valence-corrected chi connectivity index (χ3v) is 5.03. The Balaban J connectivity index is 1.61. The van der Waals surface area contributed by atoms with E-state index in [0.717, 1.165) is 18.8 Å². The highest BCUT2D eigenvalue weighted by atomic mass is 35.5.